The maximum Gasteiger partial charge on any atom is 0.129 e. The molecule has 1 aliphatic heterocycles. The standard InChI is InChI=1S/C15H20FN3/c1-19-7-3-2-4-14(19)11-18-10-13-6-5-12(9-17)8-15(13)16/h5-6,8,14,18H,2-4,7,10-11H2,1H3. The Morgan fingerprint density at radius 3 is 3.00 bits per heavy atom. The molecule has 102 valence electrons. The van der Waals surface area contributed by atoms with E-state index in [0.717, 1.165) is 13.1 Å². The monoisotopic (exact) mass is 261 g/mol. The van der Waals surface area contributed by atoms with Gasteiger partial charge in [0.2, 0.25) is 0 Å². The molecule has 0 aliphatic carbocycles. The first kappa shape index (κ1) is 14.0. The van der Waals surface area contributed by atoms with E-state index in [9.17, 15) is 4.39 Å². The number of hydrogen-bond acceptors (Lipinski definition) is 3. The van der Waals surface area contributed by atoms with E-state index < -0.39 is 0 Å². The largest absolute Gasteiger partial charge is 0.311 e. The molecule has 1 unspecified atom stereocenters. The van der Waals surface area contributed by atoms with E-state index in [1.165, 1.54) is 25.3 Å². The maximum atomic E-state index is 13.7. The number of nitrogens with one attached hydrogen (secondary N) is 1. The van der Waals surface area contributed by atoms with E-state index in [1.54, 1.807) is 12.1 Å². The zero-order valence-corrected chi connectivity index (χ0v) is 11.3. The van der Waals surface area contributed by atoms with Crippen LogP contribution in [0.1, 0.15) is 30.4 Å². The first-order chi connectivity index (χ1) is 9.20. The maximum absolute atomic E-state index is 13.7. The van der Waals surface area contributed by atoms with Gasteiger partial charge in [0.15, 0.2) is 0 Å². The molecule has 19 heavy (non-hydrogen) atoms. The Morgan fingerprint density at radius 1 is 1.47 bits per heavy atom. The minimum atomic E-state index is -0.302. The molecule has 2 rings (SSSR count). The number of rotatable bonds is 4. The number of likely N-dealkylation sites (N-methyl/N-ethyl adjacent to an activating group) is 1. The summed E-state index contributed by atoms with van der Waals surface area (Å²) in [5.41, 5.74) is 0.991. The average molecular weight is 261 g/mol. The molecule has 1 heterocycles. The van der Waals surface area contributed by atoms with Crippen LogP contribution in [0.15, 0.2) is 18.2 Å². The second kappa shape index (κ2) is 6.65. The number of nitriles is 1. The van der Waals surface area contributed by atoms with Gasteiger partial charge in [-0.15, -0.1) is 0 Å². The Kier molecular flexibility index (Phi) is 4.89. The van der Waals surface area contributed by atoms with Crippen molar-refractivity contribution in [2.24, 2.45) is 0 Å². The van der Waals surface area contributed by atoms with Crippen LogP contribution < -0.4 is 5.32 Å². The SMILES string of the molecule is CN1CCCCC1CNCc1ccc(C#N)cc1F. The first-order valence-electron chi connectivity index (χ1n) is 6.80. The van der Waals surface area contributed by atoms with Crippen molar-refractivity contribution in [2.75, 3.05) is 20.1 Å². The van der Waals surface area contributed by atoms with E-state index in [4.69, 9.17) is 5.26 Å². The summed E-state index contributed by atoms with van der Waals surface area (Å²) >= 11 is 0. The van der Waals surface area contributed by atoms with Crippen LogP contribution in [-0.2, 0) is 6.54 Å². The van der Waals surface area contributed by atoms with Crippen LogP contribution >= 0.6 is 0 Å². The molecule has 1 aromatic carbocycles. The summed E-state index contributed by atoms with van der Waals surface area (Å²) in [6.07, 6.45) is 3.76. The Balaban J connectivity index is 1.84. The highest BCUT2D eigenvalue weighted by molar-refractivity contribution is 5.32. The van der Waals surface area contributed by atoms with Gasteiger partial charge in [-0.3, -0.25) is 0 Å². The zero-order chi connectivity index (χ0) is 13.7. The van der Waals surface area contributed by atoms with Gasteiger partial charge in [0, 0.05) is 24.7 Å². The summed E-state index contributed by atoms with van der Waals surface area (Å²) in [6.45, 7) is 2.55. The Hall–Kier alpha value is -1.44. The molecule has 0 radical (unpaired) electrons. The molecule has 0 saturated carbocycles. The number of halogens is 1. The Morgan fingerprint density at radius 2 is 2.32 bits per heavy atom. The van der Waals surface area contributed by atoms with E-state index in [0.29, 0.717) is 23.7 Å². The molecule has 0 amide bonds. The van der Waals surface area contributed by atoms with E-state index in [2.05, 4.69) is 17.3 Å². The van der Waals surface area contributed by atoms with Crippen LogP contribution in [-0.4, -0.2) is 31.1 Å². The van der Waals surface area contributed by atoms with Crippen molar-refractivity contribution in [1.29, 1.82) is 5.26 Å². The highest BCUT2D eigenvalue weighted by Gasteiger charge is 2.18. The minimum absolute atomic E-state index is 0.302. The topological polar surface area (TPSA) is 39.1 Å². The van der Waals surface area contributed by atoms with Crippen molar-refractivity contribution in [3.63, 3.8) is 0 Å². The van der Waals surface area contributed by atoms with E-state index in [1.807, 2.05) is 6.07 Å². The van der Waals surface area contributed by atoms with Crippen molar-refractivity contribution in [1.82, 2.24) is 10.2 Å². The third kappa shape index (κ3) is 3.76. The van der Waals surface area contributed by atoms with Crippen molar-refractivity contribution < 1.29 is 4.39 Å². The van der Waals surface area contributed by atoms with Crippen molar-refractivity contribution in [3.8, 4) is 6.07 Å². The lowest BCUT2D eigenvalue weighted by Gasteiger charge is -2.32. The molecule has 0 spiro atoms. The summed E-state index contributed by atoms with van der Waals surface area (Å²) < 4.78 is 13.7. The van der Waals surface area contributed by atoms with Crippen LogP contribution in [0.5, 0.6) is 0 Å². The number of piperidine rings is 1. The molecule has 1 atom stereocenters. The van der Waals surface area contributed by atoms with Gasteiger partial charge in [-0.25, -0.2) is 4.39 Å². The molecule has 1 aliphatic rings. The summed E-state index contributed by atoms with van der Waals surface area (Å²) in [6, 6.07) is 7.13. The molecule has 1 aromatic rings. The lowest BCUT2D eigenvalue weighted by molar-refractivity contribution is 0.181. The van der Waals surface area contributed by atoms with Crippen LogP contribution in [0.25, 0.3) is 0 Å². The number of hydrogen-bond donors (Lipinski definition) is 1. The molecule has 3 nitrogen and oxygen atoms in total. The number of nitrogens with zero attached hydrogens (tertiary/aromatic N) is 2. The lowest BCUT2D eigenvalue weighted by Crippen LogP contribution is -2.42. The van der Waals surface area contributed by atoms with Crippen LogP contribution in [0.4, 0.5) is 4.39 Å². The van der Waals surface area contributed by atoms with Crippen LogP contribution in [0.2, 0.25) is 0 Å². The molecule has 0 aromatic heterocycles. The molecular weight excluding hydrogens is 241 g/mol. The molecule has 1 fully saturated rings. The summed E-state index contributed by atoms with van der Waals surface area (Å²) in [7, 11) is 2.15. The van der Waals surface area contributed by atoms with Gasteiger partial charge >= 0.3 is 0 Å². The fourth-order valence-electron chi connectivity index (χ4n) is 2.54. The second-order valence-corrected chi connectivity index (χ2v) is 5.18. The van der Waals surface area contributed by atoms with E-state index >= 15 is 0 Å². The first-order valence-corrected chi connectivity index (χ1v) is 6.80. The fourth-order valence-corrected chi connectivity index (χ4v) is 2.54. The highest BCUT2D eigenvalue weighted by Crippen LogP contribution is 2.14. The third-order valence-electron chi connectivity index (χ3n) is 3.80. The van der Waals surface area contributed by atoms with Gasteiger partial charge in [0.25, 0.3) is 0 Å². The van der Waals surface area contributed by atoms with Gasteiger partial charge < -0.3 is 10.2 Å². The van der Waals surface area contributed by atoms with Crippen molar-refractivity contribution in [2.45, 2.75) is 31.8 Å². The van der Waals surface area contributed by atoms with Gasteiger partial charge in [0.05, 0.1) is 11.6 Å². The number of benzene rings is 1. The molecular formula is C15H20FN3. The number of likely N-dealkylation sites (tertiary alicyclic amines) is 1. The average Bonchev–Trinajstić information content (AvgIpc) is 2.42. The summed E-state index contributed by atoms with van der Waals surface area (Å²) in [4.78, 5) is 2.37. The van der Waals surface area contributed by atoms with Gasteiger partial charge in [0.1, 0.15) is 5.82 Å². The zero-order valence-electron chi connectivity index (χ0n) is 11.3. The Labute approximate surface area is 114 Å². The summed E-state index contributed by atoms with van der Waals surface area (Å²) in [5, 5.41) is 12.0. The van der Waals surface area contributed by atoms with Crippen molar-refractivity contribution in [3.05, 3.63) is 35.1 Å². The molecule has 4 heteroatoms. The van der Waals surface area contributed by atoms with Gasteiger partial charge in [-0.1, -0.05) is 12.5 Å². The predicted molar refractivity (Wildman–Crippen MR) is 73.1 cm³/mol. The quantitative estimate of drug-likeness (QED) is 0.903. The fraction of sp³-hybridized carbons (Fsp3) is 0.533. The normalized spacial score (nSPS) is 20.2. The molecule has 1 N–H and O–H groups in total. The second-order valence-electron chi connectivity index (χ2n) is 5.18. The predicted octanol–water partition coefficient (Wildman–Crippen LogP) is 2.27. The molecule has 0 bridgehead atoms. The summed E-state index contributed by atoms with van der Waals surface area (Å²) in [5.74, 6) is -0.302. The van der Waals surface area contributed by atoms with Crippen LogP contribution in [0, 0.1) is 17.1 Å². The van der Waals surface area contributed by atoms with Gasteiger partial charge in [-0.05, 0) is 38.6 Å². The lowest BCUT2D eigenvalue weighted by atomic mass is 10.0. The van der Waals surface area contributed by atoms with Gasteiger partial charge in [-0.2, -0.15) is 5.26 Å². The smallest absolute Gasteiger partial charge is 0.129 e. The Bertz CT molecular complexity index is 467. The van der Waals surface area contributed by atoms with Crippen LogP contribution in [0.3, 0.4) is 0 Å². The highest BCUT2D eigenvalue weighted by atomic mass is 19.1. The van der Waals surface area contributed by atoms with E-state index in [-0.39, 0.29) is 5.82 Å². The van der Waals surface area contributed by atoms with Crippen molar-refractivity contribution >= 4 is 0 Å². The molecule has 1 saturated heterocycles. The third-order valence-corrected chi connectivity index (χ3v) is 3.80. The minimum Gasteiger partial charge on any atom is -0.311 e.